The van der Waals surface area contributed by atoms with Gasteiger partial charge < -0.3 is 15.4 Å². The molecule has 3 rings (SSSR count). The zero-order valence-electron chi connectivity index (χ0n) is 16.5. The summed E-state index contributed by atoms with van der Waals surface area (Å²) in [7, 11) is 3.99. The van der Waals surface area contributed by atoms with Crippen molar-refractivity contribution in [1.82, 2.24) is 14.9 Å². The number of halogens is 2. The standard InChI is InChI=1S/C22H22Cl2N4O/c1-5-7-18(28(3)4)15-10-13(2)27-21-14(15)8-6-9-19(21)29-12-16-17(23)11-26-22(25)20(16)24/h5-11H,1,12H2,2-4H3,(H2,25,26)/b18-7-. The van der Waals surface area contributed by atoms with E-state index in [9.17, 15) is 0 Å². The molecule has 0 amide bonds. The number of aryl methyl sites for hydroxylation is 1. The van der Waals surface area contributed by atoms with E-state index in [1.165, 1.54) is 6.20 Å². The number of fused-ring (bicyclic) bond motifs is 1. The van der Waals surface area contributed by atoms with E-state index in [0.717, 1.165) is 27.9 Å². The number of nitrogens with two attached hydrogens (primary N) is 1. The Balaban J connectivity index is 2.08. The van der Waals surface area contributed by atoms with E-state index in [0.29, 0.717) is 21.4 Å². The number of hydrogen-bond donors (Lipinski definition) is 1. The van der Waals surface area contributed by atoms with Gasteiger partial charge in [0.25, 0.3) is 0 Å². The van der Waals surface area contributed by atoms with Crippen LogP contribution in [0.2, 0.25) is 10.0 Å². The lowest BCUT2D eigenvalue weighted by atomic mass is 10.0. The maximum atomic E-state index is 6.25. The van der Waals surface area contributed by atoms with Crippen LogP contribution in [0.4, 0.5) is 5.82 Å². The minimum atomic E-state index is 0.150. The first-order valence-corrected chi connectivity index (χ1v) is 9.71. The Bertz CT molecular complexity index is 1110. The van der Waals surface area contributed by atoms with Crippen molar-refractivity contribution >= 4 is 45.6 Å². The number of nitrogen functional groups attached to an aromatic ring is 1. The zero-order chi connectivity index (χ0) is 21.1. The Labute approximate surface area is 180 Å². The highest BCUT2D eigenvalue weighted by molar-refractivity contribution is 6.37. The van der Waals surface area contributed by atoms with Crippen LogP contribution in [0, 0.1) is 6.92 Å². The van der Waals surface area contributed by atoms with E-state index in [-0.39, 0.29) is 12.4 Å². The van der Waals surface area contributed by atoms with E-state index < -0.39 is 0 Å². The summed E-state index contributed by atoms with van der Waals surface area (Å²) in [5.41, 5.74) is 10.1. The number of hydrogen-bond acceptors (Lipinski definition) is 5. The maximum absolute atomic E-state index is 6.25. The number of rotatable bonds is 6. The number of para-hydroxylation sites is 1. The van der Waals surface area contributed by atoms with Gasteiger partial charge in [-0.2, -0.15) is 0 Å². The minimum absolute atomic E-state index is 0.150. The molecule has 7 heteroatoms. The third-order valence-electron chi connectivity index (χ3n) is 4.43. The Morgan fingerprint density at radius 1 is 1.31 bits per heavy atom. The molecule has 0 spiro atoms. The monoisotopic (exact) mass is 428 g/mol. The van der Waals surface area contributed by atoms with Gasteiger partial charge in [-0.05, 0) is 25.1 Å². The highest BCUT2D eigenvalue weighted by atomic mass is 35.5. The highest BCUT2D eigenvalue weighted by Crippen LogP contribution is 2.34. The summed E-state index contributed by atoms with van der Waals surface area (Å²) in [6.07, 6.45) is 5.21. The predicted molar refractivity (Wildman–Crippen MR) is 121 cm³/mol. The molecule has 0 saturated heterocycles. The van der Waals surface area contributed by atoms with Gasteiger partial charge in [0, 0.05) is 48.2 Å². The lowest BCUT2D eigenvalue weighted by molar-refractivity contribution is 0.309. The number of pyridine rings is 2. The van der Waals surface area contributed by atoms with Crippen molar-refractivity contribution in [3.8, 4) is 5.75 Å². The molecule has 2 heterocycles. The van der Waals surface area contributed by atoms with Gasteiger partial charge in [-0.15, -0.1) is 0 Å². The number of ether oxygens (including phenoxy) is 1. The van der Waals surface area contributed by atoms with Crippen LogP contribution < -0.4 is 10.5 Å². The molecule has 0 saturated carbocycles. The molecule has 150 valence electrons. The lowest BCUT2D eigenvalue weighted by Gasteiger charge is -2.20. The summed E-state index contributed by atoms with van der Waals surface area (Å²) in [5, 5.41) is 1.67. The summed E-state index contributed by atoms with van der Waals surface area (Å²) in [6, 6.07) is 7.88. The second kappa shape index (κ2) is 8.72. The van der Waals surface area contributed by atoms with Gasteiger partial charge in [-0.25, -0.2) is 9.97 Å². The van der Waals surface area contributed by atoms with Gasteiger partial charge in [0.05, 0.1) is 10.0 Å². The summed E-state index contributed by atoms with van der Waals surface area (Å²) < 4.78 is 6.06. The van der Waals surface area contributed by atoms with E-state index in [2.05, 4.69) is 17.6 Å². The maximum Gasteiger partial charge on any atom is 0.146 e. The van der Waals surface area contributed by atoms with Crippen molar-refractivity contribution in [2.45, 2.75) is 13.5 Å². The fraction of sp³-hybridized carbons (Fsp3) is 0.182. The fourth-order valence-electron chi connectivity index (χ4n) is 3.07. The Morgan fingerprint density at radius 2 is 2.07 bits per heavy atom. The number of allylic oxidation sites excluding steroid dienone is 2. The molecule has 29 heavy (non-hydrogen) atoms. The van der Waals surface area contributed by atoms with Crippen LogP contribution in [0.3, 0.4) is 0 Å². The van der Waals surface area contributed by atoms with Crippen molar-refractivity contribution in [3.63, 3.8) is 0 Å². The van der Waals surface area contributed by atoms with Crippen molar-refractivity contribution < 1.29 is 4.74 Å². The third-order valence-corrected chi connectivity index (χ3v) is 5.18. The number of nitrogens with zero attached hydrogens (tertiary/aromatic N) is 3. The number of benzene rings is 1. The lowest BCUT2D eigenvalue weighted by Crippen LogP contribution is -2.11. The summed E-state index contributed by atoms with van der Waals surface area (Å²) in [6.45, 7) is 5.94. The third kappa shape index (κ3) is 4.31. The topological polar surface area (TPSA) is 64.3 Å². The molecule has 5 nitrogen and oxygen atoms in total. The smallest absolute Gasteiger partial charge is 0.146 e. The van der Waals surface area contributed by atoms with Crippen LogP contribution in [0.15, 0.2) is 49.2 Å². The SMILES string of the molecule is C=C/C=C(/c1cc(C)nc2c(OCc3c(Cl)cnc(N)c3Cl)cccc12)N(C)C. The van der Waals surface area contributed by atoms with Crippen molar-refractivity contribution in [2.75, 3.05) is 19.8 Å². The number of anilines is 1. The Kier molecular flexibility index (Phi) is 6.30. The van der Waals surface area contributed by atoms with Crippen LogP contribution in [0.1, 0.15) is 16.8 Å². The van der Waals surface area contributed by atoms with Crippen LogP contribution in [-0.4, -0.2) is 29.0 Å². The van der Waals surface area contributed by atoms with E-state index in [4.69, 9.17) is 38.7 Å². The molecule has 0 atom stereocenters. The van der Waals surface area contributed by atoms with Gasteiger partial charge in [0.15, 0.2) is 0 Å². The van der Waals surface area contributed by atoms with Crippen molar-refractivity contribution in [3.05, 3.63) is 76.1 Å². The molecular formula is C22H22Cl2N4O. The molecule has 1 aromatic carbocycles. The summed E-state index contributed by atoms with van der Waals surface area (Å²) >= 11 is 12.5. The van der Waals surface area contributed by atoms with Gasteiger partial charge >= 0.3 is 0 Å². The number of aromatic nitrogens is 2. The predicted octanol–water partition coefficient (Wildman–Crippen LogP) is 5.49. The summed E-state index contributed by atoms with van der Waals surface area (Å²) in [4.78, 5) is 10.7. The van der Waals surface area contributed by atoms with Crippen LogP contribution in [-0.2, 0) is 6.61 Å². The highest BCUT2D eigenvalue weighted by Gasteiger charge is 2.15. The quantitative estimate of drug-likeness (QED) is 0.525. The average Bonchev–Trinajstić information content (AvgIpc) is 2.68. The van der Waals surface area contributed by atoms with Crippen LogP contribution >= 0.6 is 23.2 Å². The first-order valence-electron chi connectivity index (χ1n) is 8.95. The van der Waals surface area contributed by atoms with Gasteiger partial charge in [0.1, 0.15) is 23.7 Å². The van der Waals surface area contributed by atoms with E-state index in [1.807, 2.05) is 50.2 Å². The molecule has 2 N–H and O–H groups in total. The van der Waals surface area contributed by atoms with E-state index >= 15 is 0 Å². The van der Waals surface area contributed by atoms with Crippen LogP contribution in [0.25, 0.3) is 16.6 Å². The molecule has 0 aliphatic rings. The molecule has 3 aromatic rings. The van der Waals surface area contributed by atoms with Crippen LogP contribution in [0.5, 0.6) is 5.75 Å². The second-order valence-electron chi connectivity index (χ2n) is 6.72. The largest absolute Gasteiger partial charge is 0.487 e. The first-order chi connectivity index (χ1) is 13.8. The van der Waals surface area contributed by atoms with Gasteiger partial charge in [0.2, 0.25) is 0 Å². The second-order valence-corrected chi connectivity index (χ2v) is 7.50. The minimum Gasteiger partial charge on any atom is -0.487 e. The van der Waals surface area contributed by atoms with Gasteiger partial charge in [-0.1, -0.05) is 48.0 Å². The molecule has 0 bridgehead atoms. The molecule has 0 unspecified atom stereocenters. The first kappa shape index (κ1) is 21.0. The van der Waals surface area contributed by atoms with E-state index in [1.54, 1.807) is 6.08 Å². The summed E-state index contributed by atoms with van der Waals surface area (Å²) in [5.74, 6) is 0.848. The van der Waals surface area contributed by atoms with Gasteiger partial charge in [-0.3, -0.25) is 0 Å². The fourth-order valence-corrected chi connectivity index (χ4v) is 3.52. The Morgan fingerprint density at radius 3 is 2.76 bits per heavy atom. The molecule has 0 aliphatic carbocycles. The molecular weight excluding hydrogens is 407 g/mol. The van der Waals surface area contributed by atoms with Crippen molar-refractivity contribution in [2.24, 2.45) is 0 Å². The molecule has 2 aromatic heterocycles. The normalized spacial score (nSPS) is 11.6. The average molecular weight is 429 g/mol. The molecule has 0 radical (unpaired) electrons. The molecule has 0 fully saturated rings. The Hall–Kier alpha value is -2.76. The molecule has 0 aliphatic heterocycles. The van der Waals surface area contributed by atoms with Crippen molar-refractivity contribution in [1.29, 1.82) is 0 Å². The zero-order valence-corrected chi connectivity index (χ0v) is 18.1.